The van der Waals surface area contributed by atoms with Crippen LogP contribution in [0.3, 0.4) is 0 Å². The van der Waals surface area contributed by atoms with Crippen LogP contribution in [-0.2, 0) is 16.6 Å². The van der Waals surface area contributed by atoms with Crippen molar-refractivity contribution >= 4 is 27.3 Å². The van der Waals surface area contributed by atoms with Gasteiger partial charge in [-0.25, -0.2) is 17.2 Å². The molecule has 2 aromatic carbocycles. The Morgan fingerprint density at radius 1 is 1.12 bits per heavy atom. The van der Waals surface area contributed by atoms with E-state index >= 15 is 0 Å². The first kappa shape index (κ1) is 17.4. The zero-order valence-electron chi connectivity index (χ0n) is 12.7. The Balaban J connectivity index is 1.77. The SMILES string of the molecule is O=S(=O)(Nc1cnn(Cc2ccc(Cl)cc2)c1)c1ccc(F)cc1F. The monoisotopic (exact) mass is 383 g/mol. The van der Waals surface area contributed by atoms with Crippen LogP contribution in [0, 0.1) is 11.6 Å². The number of sulfonamides is 1. The Morgan fingerprint density at radius 2 is 1.84 bits per heavy atom. The summed E-state index contributed by atoms with van der Waals surface area (Å²) in [6, 6.07) is 9.37. The molecule has 0 aliphatic carbocycles. The van der Waals surface area contributed by atoms with E-state index < -0.39 is 26.6 Å². The summed E-state index contributed by atoms with van der Waals surface area (Å²) in [5, 5.41) is 4.66. The molecule has 0 bridgehead atoms. The van der Waals surface area contributed by atoms with Gasteiger partial charge in [0.1, 0.15) is 16.5 Å². The molecule has 0 saturated heterocycles. The second-order valence-corrected chi connectivity index (χ2v) is 7.32. The van der Waals surface area contributed by atoms with E-state index in [0.29, 0.717) is 17.6 Å². The number of hydrogen-bond donors (Lipinski definition) is 1. The molecule has 0 aliphatic heterocycles. The van der Waals surface area contributed by atoms with Gasteiger partial charge < -0.3 is 0 Å². The van der Waals surface area contributed by atoms with Crippen molar-refractivity contribution in [1.82, 2.24) is 9.78 Å². The van der Waals surface area contributed by atoms with E-state index in [4.69, 9.17) is 11.6 Å². The lowest BCUT2D eigenvalue weighted by atomic mass is 10.2. The van der Waals surface area contributed by atoms with Crippen LogP contribution in [0.15, 0.2) is 59.8 Å². The molecule has 3 rings (SSSR count). The third-order valence-electron chi connectivity index (χ3n) is 3.33. The van der Waals surface area contributed by atoms with Crippen LogP contribution in [-0.4, -0.2) is 18.2 Å². The molecule has 1 N–H and O–H groups in total. The summed E-state index contributed by atoms with van der Waals surface area (Å²) < 4.78 is 54.8. The fourth-order valence-electron chi connectivity index (χ4n) is 2.18. The highest BCUT2D eigenvalue weighted by Crippen LogP contribution is 2.19. The second kappa shape index (κ2) is 6.81. The van der Waals surface area contributed by atoms with Crippen molar-refractivity contribution in [1.29, 1.82) is 0 Å². The summed E-state index contributed by atoms with van der Waals surface area (Å²) in [5.74, 6) is -2.02. The summed E-state index contributed by atoms with van der Waals surface area (Å²) in [7, 11) is -4.19. The third kappa shape index (κ3) is 4.15. The molecule has 25 heavy (non-hydrogen) atoms. The number of aromatic nitrogens is 2. The van der Waals surface area contributed by atoms with Gasteiger partial charge in [0.05, 0.1) is 18.4 Å². The average molecular weight is 384 g/mol. The molecule has 0 unspecified atom stereocenters. The Labute approximate surface area is 147 Å². The van der Waals surface area contributed by atoms with Crippen LogP contribution in [0.2, 0.25) is 5.02 Å². The summed E-state index contributed by atoms with van der Waals surface area (Å²) in [6.45, 7) is 0.407. The lowest BCUT2D eigenvalue weighted by Gasteiger charge is -2.07. The molecule has 3 aromatic rings. The lowest BCUT2D eigenvalue weighted by molar-refractivity contribution is 0.551. The third-order valence-corrected chi connectivity index (χ3v) is 4.99. The number of nitrogens with one attached hydrogen (secondary N) is 1. The van der Waals surface area contributed by atoms with Gasteiger partial charge in [-0.15, -0.1) is 0 Å². The van der Waals surface area contributed by atoms with E-state index in [1.54, 1.807) is 12.1 Å². The van der Waals surface area contributed by atoms with E-state index in [0.717, 1.165) is 17.7 Å². The predicted molar refractivity (Wildman–Crippen MR) is 89.9 cm³/mol. The fourth-order valence-corrected chi connectivity index (χ4v) is 3.40. The van der Waals surface area contributed by atoms with Gasteiger partial charge >= 0.3 is 0 Å². The van der Waals surface area contributed by atoms with Gasteiger partial charge in [0, 0.05) is 17.3 Å². The highest BCUT2D eigenvalue weighted by molar-refractivity contribution is 7.92. The molecule has 9 heteroatoms. The van der Waals surface area contributed by atoms with Crippen LogP contribution < -0.4 is 4.72 Å². The first-order valence-corrected chi connectivity index (χ1v) is 8.94. The standard InChI is InChI=1S/C16H12ClF2N3O2S/c17-12-3-1-11(2-4-12)9-22-10-14(8-20-22)21-25(23,24)16-6-5-13(18)7-15(16)19/h1-8,10,21H,9H2. The average Bonchev–Trinajstić information content (AvgIpc) is 2.95. The highest BCUT2D eigenvalue weighted by atomic mass is 35.5. The maximum absolute atomic E-state index is 13.7. The van der Waals surface area contributed by atoms with Crippen molar-refractivity contribution in [3.63, 3.8) is 0 Å². The van der Waals surface area contributed by atoms with Gasteiger partial charge in [-0.1, -0.05) is 23.7 Å². The predicted octanol–water partition coefficient (Wildman–Crippen LogP) is 3.66. The quantitative estimate of drug-likeness (QED) is 0.731. The second-order valence-electron chi connectivity index (χ2n) is 5.23. The number of anilines is 1. The Morgan fingerprint density at radius 3 is 2.52 bits per heavy atom. The molecule has 0 spiro atoms. The minimum atomic E-state index is -4.19. The minimum absolute atomic E-state index is 0.165. The maximum atomic E-state index is 13.7. The molecular weight excluding hydrogens is 372 g/mol. The zero-order valence-corrected chi connectivity index (χ0v) is 14.2. The van der Waals surface area contributed by atoms with E-state index in [1.807, 2.05) is 12.1 Å². The highest BCUT2D eigenvalue weighted by Gasteiger charge is 2.20. The smallest absolute Gasteiger partial charge is 0.264 e. The number of nitrogens with zero attached hydrogens (tertiary/aromatic N) is 2. The Hall–Kier alpha value is -2.45. The number of benzene rings is 2. The summed E-state index contributed by atoms with van der Waals surface area (Å²) in [4.78, 5) is -0.639. The topological polar surface area (TPSA) is 64.0 Å². The molecule has 0 fully saturated rings. The van der Waals surface area contributed by atoms with Crippen LogP contribution in [0.25, 0.3) is 0 Å². The molecule has 0 saturated carbocycles. The molecule has 130 valence electrons. The Kier molecular flexibility index (Phi) is 4.73. The fraction of sp³-hybridized carbons (Fsp3) is 0.0625. The number of halogens is 3. The molecule has 0 atom stereocenters. The van der Waals surface area contributed by atoms with E-state index in [2.05, 4.69) is 9.82 Å². The van der Waals surface area contributed by atoms with Crippen molar-refractivity contribution in [3.8, 4) is 0 Å². The molecule has 1 aromatic heterocycles. The zero-order chi connectivity index (χ0) is 18.0. The number of rotatable bonds is 5. The molecular formula is C16H12ClF2N3O2S. The first-order valence-electron chi connectivity index (χ1n) is 7.08. The summed E-state index contributed by atoms with van der Waals surface area (Å²) in [5.41, 5.74) is 1.09. The molecule has 0 radical (unpaired) electrons. The largest absolute Gasteiger partial charge is 0.276 e. The van der Waals surface area contributed by atoms with Gasteiger partial charge in [-0.2, -0.15) is 5.10 Å². The molecule has 5 nitrogen and oxygen atoms in total. The van der Waals surface area contributed by atoms with E-state index in [1.165, 1.54) is 17.1 Å². The van der Waals surface area contributed by atoms with Crippen LogP contribution in [0.1, 0.15) is 5.56 Å². The van der Waals surface area contributed by atoms with Gasteiger partial charge in [0.25, 0.3) is 10.0 Å². The van der Waals surface area contributed by atoms with Crippen molar-refractivity contribution in [3.05, 3.63) is 77.1 Å². The summed E-state index contributed by atoms with van der Waals surface area (Å²) in [6.07, 6.45) is 2.77. The van der Waals surface area contributed by atoms with Crippen molar-refractivity contribution < 1.29 is 17.2 Å². The van der Waals surface area contributed by atoms with Crippen molar-refractivity contribution in [2.75, 3.05) is 4.72 Å². The lowest BCUT2D eigenvalue weighted by Crippen LogP contribution is -2.14. The molecule has 0 aliphatic rings. The summed E-state index contributed by atoms with van der Waals surface area (Å²) >= 11 is 5.82. The minimum Gasteiger partial charge on any atom is -0.276 e. The van der Waals surface area contributed by atoms with Gasteiger partial charge in [0.2, 0.25) is 0 Å². The molecule has 0 amide bonds. The van der Waals surface area contributed by atoms with E-state index in [-0.39, 0.29) is 5.69 Å². The van der Waals surface area contributed by atoms with Crippen LogP contribution in [0.5, 0.6) is 0 Å². The van der Waals surface area contributed by atoms with E-state index in [9.17, 15) is 17.2 Å². The number of hydrogen-bond acceptors (Lipinski definition) is 3. The first-order chi connectivity index (χ1) is 11.8. The van der Waals surface area contributed by atoms with Crippen molar-refractivity contribution in [2.45, 2.75) is 11.4 Å². The Bertz CT molecular complexity index is 1000. The van der Waals surface area contributed by atoms with Gasteiger partial charge in [-0.05, 0) is 29.8 Å². The normalized spacial score (nSPS) is 11.5. The van der Waals surface area contributed by atoms with Crippen molar-refractivity contribution in [2.24, 2.45) is 0 Å². The van der Waals surface area contributed by atoms with Gasteiger partial charge in [0.15, 0.2) is 0 Å². The maximum Gasteiger partial charge on any atom is 0.264 e. The van der Waals surface area contributed by atoms with Crippen LogP contribution >= 0.6 is 11.6 Å². The molecule has 1 heterocycles. The van der Waals surface area contributed by atoms with Gasteiger partial charge in [-0.3, -0.25) is 9.40 Å². The van der Waals surface area contributed by atoms with Crippen LogP contribution in [0.4, 0.5) is 14.5 Å².